The van der Waals surface area contributed by atoms with Crippen LogP contribution in [0.2, 0.25) is 0 Å². The summed E-state index contributed by atoms with van der Waals surface area (Å²) in [5, 5.41) is 9.62. The monoisotopic (exact) mass is 258 g/mol. The molecular formula is C14H14N2O3. The van der Waals surface area contributed by atoms with Crippen molar-refractivity contribution in [1.29, 1.82) is 0 Å². The molecule has 2 rings (SSSR count). The first-order valence-electron chi connectivity index (χ1n) is 5.87. The number of aromatic hydroxyl groups is 1. The molecule has 1 aromatic heterocycles. The molecule has 0 aliphatic heterocycles. The summed E-state index contributed by atoms with van der Waals surface area (Å²) < 4.78 is 0. The average molecular weight is 258 g/mol. The maximum atomic E-state index is 11.6. The Morgan fingerprint density at radius 2 is 1.89 bits per heavy atom. The molecule has 0 saturated carbocycles. The van der Waals surface area contributed by atoms with Gasteiger partial charge >= 0.3 is 0 Å². The molecule has 0 saturated heterocycles. The summed E-state index contributed by atoms with van der Waals surface area (Å²) >= 11 is 0. The third-order valence-electron chi connectivity index (χ3n) is 2.84. The van der Waals surface area contributed by atoms with Gasteiger partial charge in [-0.15, -0.1) is 0 Å². The number of amides is 1. The lowest BCUT2D eigenvalue weighted by atomic mass is 10.1. The first-order chi connectivity index (χ1) is 9.08. The van der Waals surface area contributed by atoms with Crippen LogP contribution in [0, 0.1) is 0 Å². The predicted octanol–water partition coefficient (Wildman–Crippen LogP) is 0.965. The van der Waals surface area contributed by atoms with Gasteiger partial charge in [0.15, 0.2) is 0 Å². The number of hydrogen-bond donors (Lipinski definition) is 3. The van der Waals surface area contributed by atoms with Crippen LogP contribution in [-0.4, -0.2) is 16.0 Å². The zero-order valence-electron chi connectivity index (χ0n) is 10.2. The van der Waals surface area contributed by atoms with Crippen molar-refractivity contribution >= 4 is 5.91 Å². The third kappa shape index (κ3) is 3.01. The largest absolute Gasteiger partial charge is 0.507 e. The summed E-state index contributed by atoms with van der Waals surface area (Å²) in [6.45, 7) is 0. The number of primary amides is 1. The number of benzene rings is 1. The van der Waals surface area contributed by atoms with Crippen molar-refractivity contribution in [2.24, 2.45) is 5.73 Å². The van der Waals surface area contributed by atoms with Gasteiger partial charge in [-0.2, -0.15) is 0 Å². The minimum absolute atomic E-state index is 0.376. The van der Waals surface area contributed by atoms with Crippen LogP contribution >= 0.6 is 0 Å². The van der Waals surface area contributed by atoms with Crippen molar-refractivity contribution < 1.29 is 9.90 Å². The van der Waals surface area contributed by atoms with Gasteiger partial charge in [-0.05, 0) is 18.4 Å². The lowest BCUT2D eigenvalue weighted by Crippen LogP contribution is -2.24. The summed E-state index contributed by atoms with van der Waals surface area (Å²) in [5.74, 6) is -1.31. The van der Waals surface area contributed by atoms with E-state index >= 15 is 0 Å². The highest BCUT2D eigenvalue weighted by molar-refractivity contribution is 5.95. The van der Waals surface area contributed by atoms with E-state index in [-0.39, 0.29) is 5.75 Å². The van der Waals surface area contributed by atoms with Gasteiger partial charge in [0.1, 0.15) is 11.3 Å². The molecule has 0 fully saturated rings. The number of nitrogens with one attached hydrogen (secondary N) is 1. The molecule has 1 heterocycles. The van der Waals surface area contributed by atoms with Crippen molar-refractivity contribution in [2.45, 2.75) is 12.8 Å². The van der Waals surface area contributed by atoms with E-state index in [1.165, 1.54) is 6.07 Å². The molecule has 0 spiro atoms. The Balaban J connectivity index is 2.19. The Morgan fingerprint density at radius 3 is 2.47 bits per heavy atom. The summed E-state index contributed by atoms with van der Waals surface area (Å²) in [6.07, 6.45) is 1.29. The number of carbonyl (C=O) groups is 1. The number of carbonyl (C=O) groups excluding carboxylic acids is 1. The average Bonchev–Trinajstić information content (AvgIpc) is 2.36. The summed E-state index contributed by atoms with van der Waals surface area (Å²) in [6, 6.07) is 11.1. The molecule has 1 amide bonds. The number of nitrogens with two attached hydrogens (primary N) is 1. The third-order valence-corrected chi connectivity index (χ3v) is 2.84. The van der Waals surface area contributed by atoms with E-state index in [4.69, 9.17) is 5.73 Å². The molecule has 0 atom stereocenters. The fraction of sp³-hybridized carbons (Fsp3) is 0.143. The first-order valence-corrected chi connectivity index (χ1v) is 5.87. The van der Waals surface area contributed by atoms with E-state index in [9.17, 15) is 14.7 Å². The van der Waals surface area contributed by atoms with Crippen LogP contribution in [-0.2, 0) is 12.8 Å². The Labute approximate surface area is 109 Å². The molecule has 2 aromatic rings. The van der Waals surface area contributed by atoms with Crippen LogP contribution in [0.15, 0.2) is 41.2 Å². The SMILES string of the molecule is NC(=O)c1c(O)cc(CCc2ccccc2)[nH]c1=O. The Kier molecular flexibility index (Phi) is 3.66. The number of aryl methyl sites for hydroxylation is 2. The fourth-order valence-electron chi connectivity index (χ4n) is 1.89. The Morgan fingerprint density at radius 1 is 1.21 bits per heavy atom. The van der Waals surface area contributed by atoms with Crippen molar-refractivity contribution in [3.8, 4) is 5.75 Å². The van der Waals surface area contributed by atoms with Gasteiger partial charge in [0.25, 0.3) is 11.5 Å². The smallest absolute Gasteiger partial charge is 0.264 e. The predicted molar refractivity (Wildman–Crippen MR) is 71.1 cm³/mol. The van der Waals surface area contributed by atoms with E-state index in [0.29, 0.717) is 12.1 Å². The quantitative estimate of drug-likeness (QED) is 0.762. The molecule has 1 aromatic carbocycles. The van der Waals surface area contributed by atoms with Crippen LogP contribution < -0.4 is 11.3 Å². The van der Waals surface area contributed by atoms with E-state index in [2.05, 4.69) is 4.98 Å². The maximum Gasteiger partial charge on any atom is 0.264 e. The number of aromatic nitrogens is 1. The molecular weight excluding hydrogens is 244 g/mol. The number of pyridine rings is 1. The molecule has 0 radical (unpaired) electrons. The summed E-state index contributed by atoms with van der Waals surface area (Å²) in [7, 11) is 0. The molecule has 19 heavy (non-hydrogen) atoms. The highest BCUT2D eigenvalue weighted by Crippen LogP contribution is 2.14. The van der Waals surface area contributed by atoms with Gasteiger partial charge in [0.05, 0.1) is 0 Å². The molecule has 98 valence electrons. The van der Waals surface area contributed by atoms with Gasteiger partial charge in [0, 0.05) is 11.8 Å². The van der Waals surface area contributed by atoms with E-state index in [1.54, 1.807) is 0 Å². The second kappa shape index (κ2) is 5.39. The van der Waals surface area contributed by atoms with Gasteiger partial charge < -0.3 is 15.8 Å². The molecule has 4 N–H and O–H groups in total. The molecule has 0 unspecified atom stereocenters. The van der Waals surface area contributed by atoms with Crippen LogP contribution in [0.3, 0.4) is 0 Å². The second-order valence-corrected chi connectivity index (χ2v) is 4.23. The summed E-state index contributed by atoms with van der Waals surface area (Å²) in [5.41, 5.74) is 5.65. The molecule has 5 heteroatoms. The number of hydrogen-bond acceptors (Lipinski definition) is 3. The number of H-pyrrole nitrogens is 1. The van der Waals surface area contributed by atoms with Crippen molar-refractivity contribution in [3.05, 3.63) is 63.6 Å². The van der Waals surface area contributed by atoms with Crippen molar-refractivity contribution in [3.63, 3.8) is 0 Å². The Bertz CT molecular complexity index is 647. The number of aromatic amines is 1. The van der Waals surface area contributed by atoms with Crippen LogP contribution in [0.5, 0.6) is 5.75 Å². The zero-order chi connectivity index (χ0) is 13.8. The van der Waals surface area contributed by atoms with Gasteiger partial charge in [-0.25, -0.2) is 0 Å². The van der Waals surface area contributed by atoms with Crippen LogP contribution in [0.1, 0.15) is 21.6 Å². The lowest BCUT2D eigenvalue weighted by Gasteiger charge is -2.05. The summed E-state index contributed by atoms with van der Waals surface area (Å²) in [4.78, 5) is 25.1. The Hall–Kier alpha value is -2.56. The van der Waals surface area contributed by atoms with E-state index in [1.807, 2.05) is 30.3 Å². The van der Waals surface area contributed by atoms with Crippen LogP contribution in [0.25, 0.3) is 0 Å². The molecule has 0 bridgehead atoms. The second-order valence-electron chi connectivity index (χ2n) is 4.23. The minimum Gasteiger partial charge on any atom is -0.507 e. The highest BCUT2D eigenvalue weighted by Gasteiger charge is 2.13. The normalized spacial score (nSPS) is 10.3. The van der Waals surface area contributed by atoms with Gasteiger partial charge in [0.2, 0.25) is 0 Å². The highest BCUT2D eigenvalue weighted by atomic mass is 16.3. The van der Waals surface area contributed by atoms with Gasteiger partial charge in [-0.3, -0.25) is 9.59 Å². The topological polar surface area (TPSA) is 96.2 Å². The van der Waals surface area contributed by atoms with E-state index in [0.717, 1.165) is 12.0 Å². The first kappa shape index (κ1) is 12.9. The molecule has 0 aliphatic rings. The maximum absolute atomic E-state index is 11.6. The number of rotatable bonds is 4. The van der Waals surface area contributed by atoms with E-state index < -0.39 is 17.0 Å². The van der Waals surface area contributed by atoms with Gasteiger partial charge in [-0.1, -0.05) is 30.3 Å². The fourth-order valence-corrected chi connectivity index (χ4v) is 1.89. The van der Waals surface area contributed by atoms with Crippen LogP contribution in [0.4, 0.5) is 0 Å². The molecule has 5 nitrogen and oxygen atoms in total. The zero-order valence-corrected chi connectivity index (χ0v) is 10.2. The van der Waals surface area contributed by atoms with Crippen molar-refractivity contribution in [1.82, 2.24) is 4.98 Å². The van der Waals surface area contributed by atoms with Crippen molar-refractivity contribution in [2.75, 3.05) is 0 Å². The molecule has 0 aliphatic carbocycles. The minimum atomic E-state index is -0.937. The standard InChI is InChI=1S/C14H14N2O3/c15-13(18)12-11(17)8-10(16-14(12)19)7-6-9-4-2-1-3-5-9/h1-5,8H,6-7H2,(H2,15,18)(H2,16,17,19). The lowest BCUT2D eigenvalue weighted by molar-refractivity contribution is 0.0996.